The summed E-state index contributed by atoms with van der Waals surface area (Å²) in [6, 6.07) is 5.99. The second-order valence-electron chi connectivity index (χ2n) is 9.56. The van der Waals surface area contributed by atoms with Crippen LogP contribution in [0.15, 0.2) is 29.2 Å². The molecule has 3 N–H and O–H groups in total. The van der Waals surface area contributed by atoms with E-state index in [4.69, 9.17) is 24.2 Å². The Morgan fingerprint density at radius 2 is 1.29 bits per heavy atom. The lowest BCUT2D eigenvalue weighted by Gasteiger charge is -2.37. The molecule has 0 bridgehead atoms. The Labute approximate surface area is 228 Å². The normalized spacial score (nSPS) is 19.5. The van der Waals surface area contributed by atoms with Crippen LogP contribution in [0.25, 0.3) is 0 Å². The highest BCUT2D eigenvalue weighted by molar-refractivity contribution is 7.85. The summed E-state index contributed by atoms with van der Waals surface area (Å²) in [7, 11) is -4.02. The van der Waals surface area contributed by atoms with Gasteiger partial charge in [-0.1, -0.05) is 31.5 Å². The van der Waals surface area contributed by atoms with Crippen LogP contribution >= 0.6 is 0 Å². The maximum atomic E-state index is 10.8. The molecule has 3 saturated heterocycles. The Bertz CT molecular complexity index is 852. The number of aryl methyl sites for hydroxylation is 1. The number of piperidine rings is 2. The summed E-state index contributed by atoms with van der Waals surface area (Å²) in [4.78, 5) is 15.6. The molecule has 38 heavy (non-hydrogen) atoms. The van der Waals surface area contributed by atoms with Gasteiger partial charge < -0.3 is 29.5 Å². The fourth-order valence-corrected chi connectivity index (χ4v) is 4.75. The molecule has 0 saturated carbocycles. The third-order valence-electron chi connectivity index (χ3n) is 6.34. The van der Waals surface area contributed by atoms with Crippen molar-refractivity contribution >= 4 is 15.9 Å². The van der Waals surface area contributed by atoms with E-state index in [0.29, 0.717) is 5.78 Å². The topological polar surface area (TPSA) is 137 Å². The molecule has 1 aromatic carbocycles. The number of aliphatic hydroxyl groups is 2. The van der Waals surface area contributed by atoms with E-state index in [0.717, 1.165) is 77.2 Å². The van der Waals surface area contributed by atoms with Gasteiger partial charge in [0.2, 0.25) is 0 Å². The van der Waals surface area contributed by atoms with Crippen molar-refractivity contribution in [3.05, 3.63) is 29.8 Å². The zero-order chi connectivity index (χ0) is 28.4. The molecule has 10 nitrogen and oxygen atoms in total. The number of ether oxygens (including phenoxy) is 2. The van der Waals surface area contributed by atoms with E-state index in [9.17, 15) is 13.2 Å². The largest absolute Gasteiger partial charge is 0.394 e. The highest BCUT2D eigenvalue weighted by atomic mass is 32.2. The number of likely N-dealkylation sites (tertiary alicyclic amines) is 2. The van der Waals surface area contributed by atoms with E-state index in [2.05, 4.69) is 23.6 Å². The number of Topliss-reactive ketones (excluding diaryl/α,β-unsaturated/α-hetero) is 1. The molecule has 4 rings (SSSR count). The van der Waals surface area contributed by atoms with Crippen molar-refractivity contribution < 1.29 is 37.5 Å². The molecular weight excluding hydrogens is 512 g/mol. The van der Waals surface area contributed by atoms with Crippen molar-refractivity contribution in [2.45, 2.75) is 70.0 Å². The maximum Gasteiger partial charge on any atom is 0.294 e. The molecule has 0 unspecified atom stereocenters. The van der Waals surface area contributed by atoms with E-state index < -0.39 is 10.1 Å². The molecule has 0 atom stereocenters. The van der Waals surface area contributed by atoms with E-state index in [1.165, 1.54) is 31.5 Å². The van der Waals surface area contributed by atoms with Crippen LogP contribution in [0.4, 0.5) is 0 Å². The lowest BCUT2D eigenvalue weighted by atomic mass is 10.0. The summed E-state index contributed by atoms with van der Waals surface area (Å²) < 4.78 is 40.9. The third-order valence-corrected chi connectivity index (χ3v) is 7.21. The van der Waals surface area contributed by atoms with Crippen LogP contribution in [-0.2, 0) is 24.4 Å². The van der Waals surface area contributed by atoms with E-state index >= 15 is 0 Å². The number of rotatable bonds is 6. The molecule has 0 radical (unpaired) electrons. The quantitative estimate of drug-likeness (QED) is 0.445. The average Bonchev–Trinajstić information content (AvgIpc) is 3.36. The fourth-order valence-electron chi connectivity index (χ4n) is 4.27. The van der Waals surface area contributed by atoms with E-state index in [-0.39, 0.29) is 23.9 Å². The second kappa shape index (κ2) is 18.8. The molecule has 220 valence electrons. The van der Waals surface area contributed by atoms with Gasteiger partial charge in [0.05, 0.1) is 31.3 Å². The smallest absolute Gasteiger partial charge is 0.294 e. The standard InChI is InChI=1S/C10H19NO2.C8H15NO.C7H8O3S.C2H6O2/c1-2-5-11-6-3-10(4-7-11)12-8-9-13-10;1-2-5-9-6-3-8(10)4-7-9;1-6-2-4-7(5-3-6)11(8,9)10;3-1-2-4/h2-9H2,1H3;2-7H2,1H3;2-5H,1H3,(H,8,9,10);3-4H,1-2H2. The van der Waals surface area contributed by atoms with Crippen LogP contribution in [0.5, 0.6) is 0 Å². The predicted molar refractivity (Wildman–Crippen MR) is 147 cm³/mol. The van der Waals surface area contributed by atoms with Crippen molar-refractivity contribution in [1.82, 2.24) is 9.80 Å². The minimum atomic E-state index is -4.02. The summed E-state index contributed by atoms with van der Waals surface area (Å²) >= 11 is 0. The molecule has 11 heteroatoms. The van der Waals surface area contributed by atoms with Gasteiger partial charge in [0.25, 0.3) is 10.1 Å². The first-order valence-corrected chi connectivity index (χ1v) is 15.0. The maximum absolute atomic E-state index is 10.8. The minimum Gasteiger partial charge on any atom is -0.394 e. The van der Waals surface area contributed by atoms with Crippen LogP contribution in [0.2, 0.25) is 0 Å². The zero-order valence-electron chi connectivity index (χ0n) is 23.3. The number of hydrogen-bond donors (Lipinski definition) is 3. The first-order chi connectivity index (χ1) is 18.1. The minimum absolute atomic E-state index is 0.0666. The molecule has 3 aliphatic rings. The fraction of sp³-hybridized carbons (Fsp3) is 0.741. The van der Waals surface area contributed by atoms with Gasteiger partial charge in [0.1, 0.15) is 5.78 Å². The molecular formula is C27H48N2O8S. The molecule has 3 heterocycles. The van der Waals surface area contributed by atoms with Gasteiger partial charge in [0.15, 0.2) is 5.79 Å². The SMILES string of the molecule is CCCN1CCC(=O)CC1.CCCN1CCC2(CC1)OCCO2.Cc1ccc(S(=O)(=O)O)cc1.OCCO. The molecule has 1 spiro atoms. The summed E-state index contributed by atoms with van der Waals surface area (Å²) in [5.41, 5.74) is 0.956. The van der Waals surface area contributed by atoms with Gasteiger partial charge in [-0.15, -0.1) is 0 Å². The Morgan fingerprint density at radius 3 is 1.68 bits per heavy atom. The van der Waals surface area contributed by atoms with E-state index in [1.807, 2.05) is 6.92 Å². The third kappa shape index (κ3) is 14.1. The highest BCUT2D eigenvalue weighted by Crippen LogP contribution is 2.31. The summed E-state index contributed by atoms with van der Waals surface area (Å²) in [5, 5.41) is 15.2. The first-order valence-electron chi connectivity index (χ1n) is 13.6. The lowest BCUT2D eigenvalue weighted by molar-refractivity contribution is -0.185. The van der Waals surface area contributed by atoms with Gasteiger partial charge >= 0.3 is 0 Å². The number of aliphatic hydroxyl groups excluding tert-OH is 2. The Hall–Kier alpha value is -1.44. The number of nitrogens with zero attached hydrogens (tertiary/aromatic N) is 2. The molecule has 0 aromatic heterocycles. The highest BCUT2D eigenvalue weighted by Gasteiger charge is 2.39. The molecule has 0 amide bonds. The van der Waals surface area contributed by atoms with E-state index in [1.54, 1.807) is 12.1 Å². The van der Waals surface area contributed by atoms with Crippen LogP contribution < -0.4 is 0 Å². The summed E-state index contributed by atoms with van der Waals surface area (Å²) in [5.74, 6) is 0.247. The predicted octanol–water partition coefficient (Wildman–Crippen LogP) is 2.51. The van der Waals surface area contributed by atoms with Crippen LogP contribution in [0, 0.1) is 6.92 Å². The number of hydrogen-bond acceptors (Lipinski definition) is 9. The van der Waals surface area contributed by atoms with Crippen molar-refractivity contribution in [3.63, 3.8) is 0 Å². The van der Waals surface area contributed by atoms with Crippen molar-refractivity contribution in [1.29, 1.82) is 0 Å². The van der Waals surface area contributed by atoms with Gasteiger partial charge in [-0.25, -0.2) is 0 Å². The van der Waals surface area contributed by atoms with Gasteiger partial charge in [-0.05, 0) is 45.0 Å². The monoisotopic (exact) mass is 560 g/mol. The van der Waals surface area contributed by atoms with Gasteiger partial charge in [0, 0.05) is 51.9 Å². The van der Waals surface area contributed by atoms with Crippen LogP contribution in [-0.4, -0.2) is 110 Å². The van der Waals surface area contributed by atoms with Gasteiger partial charge in [-0.2, -0.15) is 8.42 Å². The number of benzene rings is 1. The summed E-state index contributed by atoms with van der Waals surface area (Å²) in [6.07, 6.45) is 6.10. The Kier molecular flexibility index (Phi) is 17.1. The van der Waals surface area contributed by atoms with Crippen molar-refractivity contribution in [3.8, 4) is 0 Å². The zero-order valence-corrected chi connectivity index (χ0v) is 24.1. The average molecular weight is 561 g/mol. The van der Waals surface area contributed by atoms with Crippen molar-refractivity contribution in [2.75, 3.05) is 65.7 Å². The Balaban J connectivity index is 0.000000268. The van der Waals surface area contributed by atoms with Gasteiger partial charge in [-0.3, -0.25) is 9.35 Å². The second-order valence-corrected chi connectivity index (χ2v) is 11.0. The molecule has 3 fully saturated rings. The molecule has 3 aliphatic heterocycles. The molecule has 0 aliphatic carbocycles. The lowest BCUT2D eigenvalue weighted by Crippen LogP contribution is -2.45. The van der Waals surface area contributed by atoms with Crippen LogP contribution in [0.1, 0.15) is 57.9 Å². The number of ketones is 1. The first kappa shape index (κ1) is 34.6. The summed E-state index contributed by atoms with van der Waals surface area (Å²) in [6.45, 7) is 14.2. The molecule has 1 aromatic rings. The number of carbonyl (C=O) groups is 1. The van der Waals surface area contributed by atoms with Crippen molar-refractivity contribution in [2.24, 2.45) is 0 Å². The number of carbonyl (C=O) groups excluding carboxylic acids is 1. The Morgan fingerprint density at radius 1 is 0.842 bits per heavy atom. The van der Waals surface area contributed by atoms with Crippen LogP contribution in [0.3, 0.4) is 0 Å².